The third kappa shape index (κ3) is 3.57. The summed E-state index contributed by atoms with van der Waals surface area (Å²) >= 11 is 0. The van der Waals surface area contributed by atoms with Gasteiger partial charge in [-0.1, -0.05) is 0 Å². The smallest absolute Gasteiger partial charge is 0.303 e. The maximum Gasteiger partial charge on any atom is 0.303 e. The topological polar surface area (TPSA) is 76.2 Å². The van der Waals surface area contributed by atoms with Crippen LogP contribution in [0.25, 0.3) is 11.5 Å². The molecule has 0 fully saturated rings. The number of hydrogen-bond acceptors (Lipinski definition) is 4. The number of carbonyl (C=O) groups is 1. The molecule has 7 heteroatoms. The quantitative estimate of drug-likeness (QED) is 0.901. The molecule has 2 rings (SSSR count). The lowest BCUT2D eigenvalue weighted by Crippen LogP contribution is -1.95. The second-order valence-corrected chi connectivity index (χ2v) is 3.91. The molecule has 0 unspecified atom stereocenters. The Morgan fingerprint density at radius 1 is 1.21 bits per heavy atom. The highest BCUT2D eigenvalue weighted by Crippen LogP contribution is 2.20. The first kappa shape index (κ1) is 13.1. The van der Waals surface area contributed by atoms with Crippen LogP contribution in [0.3, 0.4) is 0 Å². The number of hydrogen-bond donors (Lipinski definition) is 1. The fourth-order valence-corrected chi connectivity index (χ4v) is 1.54. The van der Waals surface area contributed by atoms with Crippen LogP contribution in [-0.2, 0) is 11.2 Å². The minimum Gasteiger partial charge on any atom is -0.481 e. The normalized spacial score (nSPS) is 10.6. The third-order valence-corrected chi connectivity index (χ3v) is 2.36. The Balaban J connectivity index is 2.09. The number of nitrogens with zero attached hydrogens (tertiary/aromatic N) is 2. The SMILES string of the molecule is O=C(O)CCCc1nnc(-c2cc(F)cc(F)c2)o1. The lowest BCUT2D eigenvalue weighted by molar-refractivity contribution is -0.137. The summed E-state index contributed by atoms with van der Waals surface area (Å²) in [5.41, 5.74) is 0.148. The van der Waals surface area contributed by atoms with Crippen molar-refractivity contribution in [2.75, 3.05) is 0 Å². The molecule has 1 aromatic heterocycles. The summed E-state index contributed by atoms with van der Waals surface area (Å²) in [6.45, 7) is 0. The molecule has 0 saturated carbocycles. The van der Waals surface area contributed by atoms with Gasteiger partial charge in [0.15, 0.2) is 0 Å². The van der Waals surface area contributed by atoms with E-state index in [1.807, 2.05) is 0 Å². The summed E-state index contributed by atoms with van der Waals surface area (Å²) in [5, 5.41) is 15.8. The molecule has 0 spiro atoms. The lowest BCUT2D eigenvalue weighted by atomic mass is 10.2. The van der Waals surface area contributed by atoms with Crippen LogP contribution >= 0.6 is 0 Å². The highest BCUT2D eigenvalue weighted by Gasteiger charge is 2.11. The molecule has 100 valence electrons. The van der Waals surface area contributed by atoms with Crippen LogP contribution in [-0.4, -0.2) is 21.3 Å². The Morgan fingerprint density at radius 3 is 2.53 bits per heavy atom. The largest absolute Gasteiger partial charge is 0.481 e. The summed E-state index contributed by atoms with van der Waals surface area (Å²) in [7, 11) is 0. The fourth-order valence-electron chi connectivity index (χ4n) is 1.54. The van der Waals surface area contributed by atoms with Crippen LogP contribution in [0.4, 0.5) is 8.78 Å². The van der Waals surface area contributed by atoms with E-state index in [1.165, 1.54) is 0 Å². The maximum atomic E-state index is 13.0. The zero-order chi connectivity index (χ0) is 13.8. The Kier molecular flexibility index (Phi) is 3.84. The summed E-state index contributed by atoms with van der Waals surface area (Å²) in [5.74, 6) is -2.14. The Labute approximate surface area is 106 Å². The highest BCUT2D eigenvalue weighted by molar-refractivity contribution is 5.66. The molecule has 1 N–H and O–H groups in total. The number of rotatable bonds is 5. The van der Waals surface area contributed by atoms with Crippen molar-refractivity contribution in [3.63, 3.8) is 0 Å². The van der Waals surface area contributed by atoms with E-state index >= 15 is 0 Å². The maximum absolute atomic E-state index is 13.0. The number of aromatic nitrogens is 2. The van der Waals surface area contributed by atoms with Crippen molar-refractivity contribution in [3.05, 3.63) is 35.7 Å². The monoisotopic (exact) mass is 268 g/mol. The van der Waals surface area contributed by atoms with Gasteiger partial charge in [-0.15, -0.1) is 10.2 Å². The van der Waals surface area contributed by atoms with Crippen LogP contribution in [0.5, 0.6) is 0 Å². The van der Waals surface area contributed by atoms with E-state index in [2.05, 4.69) is 10.2 Å². The average molecular weight is 268 g/mol. The number of benzene rings is 1. The van der Waals surface area contributed by atoms with E-state index in [4.69, 9.17) is 9.52 Å². The number of aryl methyl sites for hydroxylation is 1. The van der Waals surface area contributed by atoms with Crippen molar-refractivity contribution in [1.82, 2.24) is 10.2 Å². The van der Waals surface area contributed by atoms with Gasteiger partial charge in [-0.2, -0.15) is 0 Å². The molecule has 0 aliphatic rings. The molecule has 0 bridgehead atoms. The van der Waals surface area contributed by atoms with E-state index in [0.29, 0.717) is 12.8 Å². The standard InChI is InChI=1S/C12H10F2N2O3/c13-8-4-7(5-9(14)6-8)12-16-15-10(19-12)2-1-3-11(17)18/h4-6H,1-3H2,(H,17,18). The number of carboxylic acids is 1. The van der Waals surface area contributed by atoms with Crippen LogP contribution in [0.1, 0.15) is 18.7 Å². The summed E-state index contributed by atoms with van der Waals surface area (Å²) in [6.07, 6.45) is 0.651. The van der Waals surface area contributed by atoms with Crippen LogP contribution in [0.2, 0.25) is 0 Å². The molecule has 2 aromatic rings. The molecule has 0 atom stereocenters. The molecule has 0 radical (unpaired) electrons. The molecule has 0 aliphatic heterocycles. The zero-order valence-corrected chi connectivity index (χ0v) is 9.77. The highest BCUT2D eigenvalue weighted by atomic mass is 19.1. The Hall–Kier alpha value is -2.31. The molecule has 0 amide bonds. The lowest BCUT2D eigenvalue weighted by Gasteiger charge is -1.96. The molecule has 0 aliphatic carbocycles. The predicted octanol–water partition coefficient (Wildman–Crippen LogP) is 2.42. The Bertz CT molecular complexity index is 578. The van der Waals surface area contributed by atoms with Gasteiger partial charge in [-0.25, -0.2) is 8.78 Å². The summed E-state index contributed by atoms with van der Waals surface area (Å²) in [4.78, 5) is 10.3. The molecule has 0 saturated heterocycles. The zero-order valence-electron chi connectivity index (χ0n) is 9.77. The van der Waals surface area contributed by atoms with Gasteiger partial charge in [0.05, 0.1) is 0 Å². The number of aliphatic carboxylic acids is 1. The number of carboxylic acid groups (broad SMARTS) is 1. The summed E-state index contributed by atoms with van der Waals surface area (Å²) < 4.78 is 31.2. The first-order valence-corrected chi connectivity index (χ1v) is 5.55. The van der Waals surface area contributed by atoms with Gasteiger partial charge in [-0.05, 0) is 18.6 Å². The van der Waals surface area contributed by atoms with Gasteiger partial charge in [0.1, 0.15) is 11.6 Å². The molecular formula is C12H10F2N2O3. The van der Waals surface area contributed by atoms with Gasteiger partial charge in [0.2, 0.25) is 11.8 Å². The predicted molar refractivity (Wildman–Crippen MR) is 60.2 cm³/mol. The minimum atomic E-state index is -0.910. The fraction of sp³-hybridized carbons (Fsp3) is 0.250. The van der Waals surface area contributed by atoms with Crippen molar-refractivity contribution in [2.45, 2.75) is 19.3 Å². The van der Waals surface area contributed by atoms with Crippen molar-refractivity contribution < 1.29 is 23.1 Å². The Morgan fingerprint density at radius 2 is 1.89 bits per heavy atom. The average Bonchev–Trinajstić information content (AvgIpc) is 2.76. The van der Waals surface area contributed by atoms with Crippen molar-refractivity contribution in [2.24, 2.45) is 0 Å². The van der Waals surface area contributed by atoms with Gasteiger partial charge in [-0.3, -0.25) is 4.79 Å². The van der Waals surface area contributed by atoms with Gasteiger partial charge in [0.25, 0.3) is 0 Å². The molecule has 5 nitrogen and oxygen atoms in total. The van der Waals surface area contributed by atoms with E-state index in [-0.39, 0.29) is 23.8 Å². The minimum absolute atomic E-state index is 0.00345. The molecule has 1 heterocycles. The molecule has 19 heavy (non-hydrogen) atoms. The first-order valence-electron chi connectivity index (χ1n) is 5.55. The van der Waals surface area contributed by atoms with Crippen LogP contribution in [0, 0.1) is 11.6 Å². The molecule has 1 aromatic carbocycles. The summed E-state index contributed by atoms with van der Waals surface area (Å²) in [6, 6.07) is 2.91. The van der Waals surface area contributed by atoms with Gasteiger partial charge in [0, 0.05) is 24.5 Å². The third-order valence-electron chi connectivity index (χ3n) is 2.36. The van der Waals surface area contributed by atoms with E-state index in [1.54, 1.807) is 0 Å². The molecular weight excluding hydrogens is 258 g/mol. The van der Waals surface area contributed by atoms with Crippen LogP contribution in [0.15, 0.2) is 22.6 Å². The van der Waals surface area contributed by atoms with Crippen LogP contribution < -0.4 is 0 Å². The second-order valence-electron chi connectivity index (χ2n) is 3.91. The van der Waals surface area contributed by atoms with E-state index in [9.17, 15) is 13.6 Å². The van der Waals surface area contributed by atoms with Crippen molar-refractivity contribution >= 4 is 5.97 Å². The second kappa shape index (κ2) is 5.55. The van der Waals surface area contributed by atoms with Gasteiger partial charge < -0.3 is 9.52 Å². The van der Waals surface area contributed by atoms with Crippen molar-refractivity contribution in [3.8, 4) is 11.5 Å². The van der Waals surface area contributed by atoms with E-state index in [0.717, 1.165) is 18.2 Å². The van der Waals surface area contributed by atoms with Gasteiger partial charge >= 0.3 is 5.97 Å². The first-order chi connectivity index (χ1) is 9.04. The van der Waals surface area contributed by atoms with E-state index < -0.39 is 17.6 Å². The van der Waals surface area contributed by atoms with Crippen molar-refractivity contribution in [1.29, 1.82) is 0 Å². The number of halogens is 2.